The van der Waals surface area contributed by atoms with Crippen molar-refractivity contribution in [2.45, 2.75) is 21.6 Å². The van der Waals surface area contributed by atoms with Gasteiger partial charge in [0.2, 0.25) is 5.91 Å². The molecule has 0 atom stereocenters. The molecule has 0 aliphatic carbocycles. The molecule has 0 spiro atoms. The number of amides is 1. The van der Waals surface area contributed by atoms with Crippen molar-refractivity contribution in [1.29, 1.82) is 0 Å². The van der Waals surface area contributed by atoms with Gasteiger partial charge < -0.3 is 10.6 Å². The molecule has 2 N–H and O–H groups in total. The Morgan fingerprint density at radius 3 is 2.08 bits per heavy atom. The molecular weight excluding hydrogens is 519 g/mol. The van der Waals surface area contributed by atoms with E-state index in [1.54, 1.807) is 23.9 Å². The molecular formula is C29H23N3O2S3. The van der Waals surface area contributed by atoms with Gasteiger partial charge in [0.15, 0.2) is 10.9 Å². The molecule has 37 heavy (non-hydrogen) atoms. The van der Waals surface area contributed by atoms with Gasteiger partial charge in [-0.1, -0.05) is 42.1 Å². The summed E-state index contributed by atoms with van der Waals surface area (Å²) in [6.45, 7) is 1.54. The number of fused-ring (bicyclic) bond motifs is 2. The van der Waals surface area contributed by atoms with Crippen LogP contribution in [-0.2, 0) is 4.79 Å². The van der Waals surface area contributed by atoms with Crippen LogP contribution in [0.25, 0.3) is 0 Å². The van der Waals surface area contributed by atoms with Gasteiger partial charge in [0.1, 0.15) is 0 Å². The second kappa shape index (κ2) is 11.2. The minimum absolute atomic E-state index is 0.0210. The average molecular weight is 542 g/mol. The SMILES string of the molecule is CC(=O)c1ccc(NC(=S)Nc2cccc(SCC(=O)N3c4ccccc4Sc4ccccc43)c2)cc1. The van der Waals surface area contributed by atoms with E-state index in [0.717, 1.165) is 37.4 Å². The fraction of sp³-hybridized carbons (Fsp3) is 0.0690. The van der Waals surface area contributed by atoms with E-state index in [9.17, 15) is 9.59 Å². The van der Waals surface area contributed by atoms with Crippen molar-refractivity contribution in [2.24, 2.45) is 0 Å². The molecule has 5 rings (SSSR count). The first-order chi connectivity index (χ1) is 18.0. The highest BCUT2D eigenvalue weighted by atomic mass is 32.2. The van der Waals surface area contributed by atoms with Crippen LogP contribution >= 0.6 is 35.7 Å². The minimum atomic E-state index is 0.0210. The van der Waals surface area contributed by atoms with E-state index in [0.29, 0.717) is 16.4 Å². The third-order valence-corrected chi connectivity index (χ3v) is 8.00. The molecule has 0 bridgehead atoms. The molecule has 0 radical (unpaired) electrons. The third kappa shape index (κ3) is 5.88. The van der Waals surface area contributed by atoms with Crippen LogP contribution in [-0.4, -0.2) is 22.6 Å². The summed E-state index contributed by atoms with van der Waals surface area (Å²) in [6, 6.07) is 31.0. The Morgan fingerprint density at radius 1 is 0.811 bits per heavy atom. The summed E-state index contributed by atoms with van der Waals surface area (Å²) in [7, 11) is 0. The summed E-state index contributed by atoms with van der Waals surface area (Å²) in [6.07, 6.45) is 0. The maximum Gasteiger partial charge on any atom is 0.241 e. The van der Waals surface area contributed by atoms with Gasteiger partial charge in [-0.25, -0.2) is 0 Å². The Balaban J connectivity index is 1.24. The maximum absolute atomic E-state index is 13.5. The van der Waals surface area contributed by atoms with Crippen molar-refractivity contribution in [2.75, 3.05) is 21.3 Å². The summed E-state index contributed by atoms with van der Waals surface area (Å²) in [5.41, 5.74) is 4.10. The van der Waals surface area contributed by atoms with Gasteiger partial charge in [0.25, 0.3) is 0 Å². The first kappa shape index (κ1) is 25.1. The molecule has 0 aromatic heterocycles. The van der Waals surface area contributed by atoms with E-state index < -0.39 is 0 Å². The normalized spacial score (nSPS) is 11.8. The predicted octanol–water partition coefficient (Wildman–Crippen LogP) is 7.62. The molecule has 1 aliphatic heterocycles. The molecule has 0 unspecified atom stereocenters. The number of carbonyl (C=O) groups excluding carboxylic acids is 2. The van der Waals surface area contributed by atoms with E-state index in [-0.39, 0.29) is 11.7 Å². The highest BCUT2D eigenvalue weighted by Crippen LogP contribution is 2.48. The molecule has 4 aromatic carbocycles. The Bertz CT molecular complexity index is 1440. The molecule has 0 saturated heterocycles. The predicted molar refractivity (Wildman–Crippen MR) is 158 cm³/mol. The van der Waals surface area contributed by atoms with Gasteiger partial charge in [0, 0.05) is 31.6 Å². The van der Waals surface area contributed by atoms with Crippen molar-refractivity contribution < 1.29 is 9.59 Å². The summed E-state index contributed by atoms with van der Waals surface area (Å²) >= 11 is 8.63. The van der Waals surface area contributed by atoms with E-state index in [4.69, 9.17) is 12.2 Å². The smallest absolute Gasteiger partial charge is 0.241 e. The van der Waals surface area contributed by atoms with Gasteiger partial charge in [-0.3, -0.25) is 14.5 Å². The van der Waals surface area contributed by atoms with Crippen LogP contribution in [0, 0.1) is 0 Å². The standard InChI is InChI=1S/C29H23N3O2S3/c1-19(33)20-13-15-21(16-14-20)30-29(35)31-22-7-6-8-23(17-22)36-18-28(34)32-24-9-2-4-11-26(24)37-27-12-5-3-10-25(27)32/h2-17H,18H2,1H3,(H2,30,31,35). The lowest BCUT2D eigenvalue weighted by molar-refractivity contribution is -0.115. The number of nitrogens with one attached hydrogen (secondary N) is 2. The topological polar surface area (TPSA) is 61.4 Å². The molecule has 1 amide bonds. The van der Waals surface area contributed by atoms with E-state index in [1.807, 2.05) is 89.8 Å². The maximum atomic E-state index is 13.5. The zero-order valence-corrected chi connectivity index (χ0v) is 22.4. The van der Waals surface area contributed by atoms with Gasteiger partial charge in [-0.05, 0) is 85.9 Å². The van der Waals surface area contributed by atoms with E-state index >= 15 is 0 Å². The number of para-hydroxylation sites is 2. The molecule has 184 valence electrons. The molecule has 1 heterocycles. The summed E-state index contributed by atoms with van der Waals surface area (Å²) in [5.74, 6) is 0.338. The minimum Gasteiger partial charge on any atom is -0.332 e. The Kier molecular flexibility index (Phi) is 7.60. The summed E-state index contributed by atoms with van der Waals surface area (Å²) < 4.78 is 0. The number of hydrogen-bond acceptors (Lipinski definition) is 5. The van der Waals surface area contributed by atoms with Crippen molar-refractivity contribution in [3.8, 4) is 0 Å². The van der Waals surface area contributed by atoms with Crippen LogP contribution in [0.5, 0.6) is 0 Å². The van der Waals surface area contributed by atoms with Gasteiger partial charge in [0.05, 0.1) is 17.1 Å². The monoisotopic (exact) mass is 541 g/mol. The average Bonchev–Trinajstić information content (AvgIpc) is 2.90. The van der Waals surface area contributed by atoms with Crippen LogP contribution in [0.1, 0.15) is 17.3 Å². The largest absolute Gasteiger partial charge is 0.332 e. The summed E-state index contributed by atoms with van der Waals surface area (Å²) in [4.78, 5) is 29.8. The van der Waals surface area contributed by atoms with Gasteiger partial charge in [-0.2, -0.15) is 0 Å². The highest BCUT2D eigenvalue weighted by molar-refractivity contribution is 8.00. The number of benzene rings is 4. The van der Waals surface area contributed by atoms with Gasteiger partial charge >= 0.3 is 0 Å². The Morgan fingerprint density at radius 2 is 1.43 bits per heavy atom. The Labute approximate surface area is 229 Å². The van der Waals surface area contributed by atoms with Crippen molar-refractivity contribution >= 4 is 75.3 Å². The Hall–Kier alpha value is -3.59. The summed E-state index contributed by atoms with van der Waals surface area (Å²) in [5, 5.41) is 6.75. The van der Waals surface area contributed by atoms with Gasteiger partial charge in [-0.15, -0.1) is 11.8 Å². The van der Waals surface area contributed by atoms with Crippen LogP contribution in [0.3, 0.4) is 0 Å². The number of ketones is 1. The first-order valence-corrected chi connectivity index (χ1v) is 13.8. The number of nitrogens with zero attached hydrogens (tertiary/aromatic N) is 1. The van der Waals surface area contributed by atoms with Crippen molar-refractivity contribution in [3.63, 3.8) is 0 Å². The second-order valence-electron chi connectivity index (χ2n) is 8.30. The molecule has 5 nitrogen and oxygen atoms in total. The zero-order valence-electron chi connectivity index (χ0n) is 19.9. The molecule has 1 aliphatic rings. The number of rotatable bonds is 6. The molecule has 0 fully saturated rings. The fourth-order valence-corrected chi connectivity index (χ4v) is 6.03. The molecule has 8 heteroatoms. The first-order valence-electron chi connectivity index (χ1n) is 11.6. The number of thioether (sulfide) groups is 1. The van der Waals surface area contributed by atoms with E-state index in [1.165, 1.54) is 18.7 Å². The lowest BCUT2D eigenvalue weighted by Gasteiger charge is -2.31. The van der Waals surface area contributed by atoms with Crippen LogP contribution < -0.4 is 15.5 Å². The second-order valence-corrected chi connectivity index (χ2v) is 10.8. The van der Waals surface area contributed by atoms with Crippen molar-refractivity contribution in [1.82, 2.24) is 0 Å². The zero-order chi connectivity index (χ0) is 25.8. The lowest BCUT2D eigenvalue weighted by atomic mass is 10.1. The fourth-order valence-electron chi connectivity index (χ4n) is 3.93. The number of thiocarbonyl (C=S) groups is 1. The van der Waals surface area contributed by atoms with Crippen LogP contribution in [0.4, 0.5) is 22.7 Å². The molecule has 0 saturated carbocycles. The number of Topliss-reactive ketones (excluding diaryl/α,β-unsaturated/α-hetero) is 1. The number of carbonyl (C=O) groups is 2. The number of anilines is 4. The lowest BCUT2D eigenvalue weighted by Crippen LogP contribution is -2.29. The van der Waals surface area contributed by atoms with Crippen molar-refractivity contribution in [3.05, 3.63) is 103 Å². The van der Waals surface area contributed by atoms with Crippen LogP contribution in [0.2, 0.25) is 0 Å². The van der Waals surface area contributed by atoms with Crippen LogP contribution in [0.15, 0.2) is 112 Å². The van der Waals surface area contributed by atoms with E-state index in [2.05, 4.69) is 10.6 Å². The quantitative estimate of drug-likeness (QED) is 0.148. The number of hydrogen-bond donors (Lipinski definition) is 2. The third-order valence-electron chi connectivity index (χ3n) is 5.69. The highest BCUT2D eigenvalue weighted by Gasteiger charge is 2.27. The molecule has 4 aromatic rings.